The van der Waals surface area contributed by atoms with Gasteiger partial charge in [-0.25, -0.2) is 9.36 Å². The second kappa shape index (κ2) is 17.8. The Morgan fingerprint density at radius 2 is 2.05 bits per heavy atom. The van der Waals surface area contributed by atoms with E-state index in [0.717, 1.165) is 19.3 Å². The van der Waals surface area contributed by atoms with Crippen molar-refractivity contribution in [2.24, 2.45) is 16.8 Å². The number of aliphatic hydroxyl groups is 3. The van der Waals surface area contributed by atoms with Crippen LogP contribution in [0, 0.1) is 11.8 Å². The Bertz CT molecular complexity index is 990. The summed E-state index contributed by atoms with van der Waals surface area (Å²) in [4.78, 5) is 34.6. The van der Waals surface area contributed by atoms with Crippen LogP contribution in [0.15, 0.2) is 53.6 Å². The third kappa shape index (κ3) is 13.7. The first-order chi connectivity index (χ1) is 18.3. The quantitative estimate of drug-likeness (QED) is 0.0313. The summed E-state index contributed by atoms with van der Waals surface area (Å²) in [5.41, 5.74) is -2.09. The molecule has 0 unspecified atom stereocenters. The first-order valence-electron chi connectivity index (χ1n) is 13.2. The number of aliphatic imine (C=N–C) groups is 1. The molecule has 1 heterocycles. The summed E-state index contributed by atoms with van der Waals surface area (Å²) < 4.78 is 22.1. The molecule has 2 aliphatic rings. The second-order valence-corrected chi connectivity index (χ2v) is 11.3. The maximum Gasteiger partial charge on any atom is 1.00 e. The van der Waals surface area contributed by atoms with Crippen LogP contribution in [-0.4, -0.2) is 73.5 Å². The van der Waals surface area contributed by atoms with Gasteiger partial charge in [0.05, 0.1) is 12.2 Å². The van der Waals surface area contributed by atoms with Crippen LogP contribution in [-0.2, 0) is 18.6 Å². The van der Waals surface area contributed by atoms with Gasteiger partial charge in [-0.05, 0) is 50.5 Å². The molecule has 11 nitrogen and oxygen atoms in total. The molecule has 40 heavy (non-hydrogen) atoms. The van der Waals surface area contributed by atoms with Crippen molar-refractivity contribution in [1.29, 1.82) is 0 Å². The van der Waals surface area contributed by atoms with Crippen molar-refractivity contribution in [3.63, 3.8) is 0 Å². The van der Waals surface area contributed by atoms with Gasteiger partial charge in [-0.2, -0.15) is 0 Å². The van der Waals surface area contributed by atoms with E-state index in [0.29, 0.717) is 12.8 Å². The molecule has 2 rings (SSSR count). The van der Waals surface area contributed by atoms with Crippen LogP contribution in [0.2, 0.25) is 0 Å². The van der Waals surface area contributed by atoms with Crippen LogP contribution in [0.3, 0.4) is 0 Å². The third-order valence-corrected chi connectivity index (χ3v) is 7.37. The second-order valence-electron chi connectivity index (χ2n) is 10.1. The third-order valence-electron chi connectivity index (χ3n) is 6.84. The van der Waals surface area contributed by atoms with Crippen molar-refractivity contribution in [1.82, 2.24) is 0 Å². The molecule has 1 saturated carbocycles. The average molecular weight is 594 g/mol. The molecular formula is C27H41NNaO10P. The number of aliphatic hydroxyl groups excluding tert-OH is 2. The molecule has 1 aliphatic carbocycles. The van der Waals surface area contributed by atoms with Gasteiger partial charge in [0.2, 0.25) is 0 Å². The van der Waals surface area contributed by atoms with Gasteiger partial charge in [-0.3, -0.25) is 4.52 Å². The van der Waals surface area contributed by atoms with E-state index >= 15 is 0 Å². The molecule has 13 heteroatoms. The minimum Gasteiger partial charge on any atom is -0.862 e. The first kappa shape index (κ1) is 36.9. The van der Waals surface area contributed by atoms with Crippen LogP contribution in [0.5, 0.6) is 0 Å². The molecule has 1 aliphatic heterocycles. The minimum atomic E-state index is -5.13. The number of hydrogen-bond donors (Lipinski definition) is 5. The molecule has 7 atom stereocenters. The monoisotopic (exact) mass is 593 g/mol. The number of carbonyl (C=O) groups excluding carboxylic acids is 1. The molecule has 1 fully saturated rings. The molecule has 0 spiro atoms. The number of allylic oxidation sites excluding steroid dienone is 3. The van der Waals surface area contributed by atoms with Crippen molar-refractivity contribution < 1.29 is 78.4 Å². The summed E-state index contributed by atoms with van der Waals surface area (Å²) in [6, 6.07) is 0. The Kier molecular flexibility index (Phi) is 16.4. The largest absolute Gasteiger partial charge is 1.00 e. The fourth-order valence-corrected chi connectivity index (χ4v) is 5.32. The van der Waals surface area contributed by atoms with E-state index in [4.69, 9.17) is 9.26 Å². The van der Waals surface area contributed by atoms with Gasteiger partial charge in [0.15, 0.2) is 0 Å². The fraction of sp³-hybridized carbons (Fsp3) is 0.630. The standard InChI is InChI=1S/C27H42NO10P.Na/c1-3-21-11-12-26(32)37-24(21)13-14-27(33,15-16-28-19(2)29)25(38-39(34,35)36)18-23(31)9-5-4-7-20-8-6-10-22(30)17-20;/h4-5,7,9,11-14,20-25,30-31,33H,3,6,8,10,15-18H2,1-2H3,(H,28,29)(H2,34,35,36);/q;+1/p-1/b7-4-,9-5-,14-13+;/t20-,21+,22+,23+,24+,25-,27+;/m1./s1. The fourth-order valence-electron chi connectivity index (χ4n) is 4.72. The zero-order valence-electron chi connectivity index (χ0n) is 23.4. The van der Waals surface area contributed by atoms with E-state index in [1.54, 1.807) is 18.2 Å². The number of hydrogen-bond acceptors (Lipinski definition) is 9. The van der Waals surface area contributed by atoms with Crippen molar-refractivity contribution in [3.05, 3.63) is 48.6 Å². The van der Waals surface area contributed by atoms with Gasteiger partial charge < -0.3 is 39.9 Å². The summed E-state index contributed by atoms with van der Waals surface area (Å²) in [5, 5.41) is 43.3. The smallest absolute Gasteiger partial charge is 0.862 e. The number of esters is 1. The van der Waals surface area contributed by atoms with Crippen molar-refractivity contribution in [3.8, 4) is 0 Å². The van der Waals surface area contributed by atoms with Crippen LogP contribution in [0.1, 0.15) is 58.8 Å². The number of rotatable bonds is 14. The summed E-state index contributed by atoms with van der Waals surface area (Å²) in [6.07, 6.45) is 11.7. The van der Waals surface area contributed by atoms with Gasteiger partial charge in [0.25, 0.3) is 0 Å². The van der Waals surface area contributed by atoms with Gasteiger partial charge >= 0.3 is 43.3 Å². The summed E-state index contributed by atoms with van der Waals surface area (Å²) in [6.45, 7) is 2.94. The average Bonchev–Trinajstić information content (AvgIpc) is 2.84. The molecule has 0 aromatic rings. The van der Waals surface area contributed by atoms with Crippen molar-refractivity contribution in [2.75, 3.05) is 6.54 Å². The number of phosphoric ester groups is 1. The summed E-state index contributed by atoms with van der Waals surface area (Å²) in [7, 11) is -5.13. The molecule has 0 aromatic carbocycles. The van der Waals surface area contributed by atoms with Gasteiger partial charge in [-0.1, -0.05) is 49.8 Å². The maximum absolute atomic E-state index is 11.8. The summed E-state index contributed by atoms with van der Waals surface area (Å²) >= 11 is 0. The van der Waals surface area contributed by atoms with Crippen LogP contribution < -0.4 is 34.7 Å². The zero-order chi connectivity index (χ0) is 29.1. The molecule has 0 amide bonds. The normalized spacial score (nSPS) is 27.5. The number of nitrogens with zero attached hydrogens (tertiary/aromatic N) is 1. The SMILES string of the molecule is CC[C@H]1C=CC(=O)O[C@H]1/C=C/[C@](O)(CCN=C(C)[O-])[C@@H](C[C@@H](O)/C=C\C=C/[C@@H]1CCC[C@H](O)C1)OP(=O)(O)O.[Na+]. The zero-order valence-corrected chi connectivity index (χ0v) is 26.3. The molecule has 0 bridgehead atoms. The Balaban J connectivity index is 0.00000800. The Morgan fingerprint density at radius 1 is 1.32 bits per heavy atom. The molecule has 5 N–H and O–H groups in total. The van der Waals surface area contributed by atoms with E-state index < -0.39 is 50.0 Å². The van der Waals surface area contributed by atoms with Crippen molar-refractivity contribution in [2.45, 2.75) is 88.8 Å². The van der Waals surface area contributed by atoms with E-state index in [2.05, 4.69) is 4.99 Å². The van der Waals surface area contributed by atoms with Crippen LogP contribution >= 0.6 is 7.82 Å². The molecular weight excluding hydrogens is 552 g/mol. The van der Waals surface area contributed by atoms with Gasteiger partial charge in [0.1, 0.15) is 17.8 Å². The first-order valence-corrected chi connectivity index (χ1v) is 14.8. The van der Waals surface area contributed by atoms with Crippen LogP contribution in [0.25, 0.3) is 0 Å². The molecule has 0 radical (unpaired) electrons. The Labute approximate surface area is 257 Å². The Morgan fingerprint density at radius 3 is 2.67 bits per heavy atom. The molecule has 220 valence electrons. The number of cyclic esters (lactones) is 1. The minimum absolute atomic E-state index is 0. The van der Waals surface area contributed by atoms with E-state index in [1.165, 1.54) is 31.2 Å². The van der Waals surface area contributed by atoms with E-state index in [9.17, 15) is 39.6 Å². The van der Waals surface area contributed by atoms with Crippen LogP contribution in [0.4, 0.5) is 0 Å². The maximum atomic E-state index is 11.8. The number of ether oxygens (including phenoxy) is 1. The van der Waals surface area contributed by atoms with Gasteiger partial charge in [-0.15, -0.1) is 0 Å². The number of phosphoric acid groups is 1. The Hall–Kier alpha value is -1.11. The molecule has 0 aromatic heterocycles. The predicted molar refractivity (Wildman–Crippen MR) is 143 cm³/mol. The number of carbonyl (C=O) groups is 1. The van der Waals surface area contributed by atoms with E-state index in [1.807, 2.05) is 13.0 Å². The van der Waals surface area contributed by atoms with Gasteiger partial charge in [0, 0.05) is 31.4 Å². The summed E-state index contributed by atoms with van der Waals surface area (Å²) in [5.74, 6) is -1.02. The van der Waals surface area contributed by atoms with E-state index in [-0.39, 0.29) is 60.5 Å². The topological polar surface area (TPSA) is 189 Å². The van der Waals surface area contributed by atoms with Crippen molar-refractivity contribution >= 4 is 19.7 Å². The predicted octanol–water partition coefficient (Wildman–Crippen LogP) is -1.15. The molecule has 0 saturated heterocycles.